The molecule has 3 rings (SSSR count). The third-order valence-corrected chi connectivity index (χ3v) is 5.41. The van der Waals surface area contributed by atoms with Gasteiger partial charge in [-0.15, -0.1) is 0 Å². The predicted molar refractivity (Wildman–Crippen MR) is 101 cm³/mol. The van der Waals surface area contributed by atoms with Crippen molar-refractivity contribution in [1.82, 2.24) is 4.90 Å². The van der Waals surface area contributed by atoms with Crippen molar-refractivity contribution >= 4 is 5.97 Å². The number of rotatable bonds is 7. The van der Waals surface area contributed by atoms with E-state index in [1.807, 2.05) is 18.2 Å². The maximum absolute atomic E-state index is 12.9. The summed E-state index contributed by atoms with van der Waals surface area (Å²) in [6.07, 6.45) is 10.4. The molecule has 1 aliphatic carbocycles. The van der Waals surface area contributed by atoms with E-state index in [0.717, 1.165) is 31.4 Å². The lowest BCUT2D eigenvalue weighted by Gasteiger charge is -2.27. The van der Waals surface area contributed by atoms with Crippen LogP contribution < -0.4 is 0 Å². The molecule has 2 aliphatic rings. The first kappa shape index (κ1) is 18.2. The van der Waals surface area contributed by atoms with Gasteiger partial charge >= 0.3 is 5.97 Å². The first-order valence-corrected chi connectivity index (χ1v) is 9.84. The summed E-state index contributed by atoms with van der Waals surface area (Å²) in [7, 11) is 0. The molecule has 0 bridgehead atoms. The van der Waals surface area contributed by atoms with E-state index < -0.39 is 0 Å². The molecule has 3 heteroatoms. The van der Waals surface area contributed by atoms with Crippen LogP contribution in [0, 0.1) is 11.8 Å². The lowest BCUT2D eigenvalue weighted by atomic mass is 9.80. The number of carbonyl (C=O) groups is 1. The molecule has 1 aromatic carbocycles. The van der Waals surface area contributed by atoms with Gasteiger partial charge in [0, 0.05) is 12.5 Å². The number of likely N-dealkylation sites (tertiary alicyclic amines) is 1. The van der Waals surface area contributed by atoms with Gasteiger partial charge in [-0.05, 0) is 56.7 Å². The van der Waals surface area contributed by atoms with Crippen LogP contribution in [0.3, 0.4) is 0 Å². The molecule has 1 saturated heterocycles. The zero-order chi connectivity index (χ0) is 17.5. The van der Waals surface area contributed by atoms with Crippen molar-refractivity contribution in [2.24, 2.45) is 11.8 Å². The van der Waals surface area contributed by atoms with Crippen molar-refractivity contribution in [2.45, 2.75) is 44.9 Å². The Hall–Kier alpha value is -1.61. The zero-order valence-electron chi connectivity index (χ0n) is 15.4. The molecule has 0 amide bonds. The van der Waals surface area contributed by atoms with Gasteiger partial charge in [0.2, 0.25) is 0 Å². The van der Waals surface area contributed by atoms with Gasteiger partial charge in [-0.1, -0.05) is 49.4 Å². The highest BCUT2D eigenvalue weighted by atomic mass is 16.5. The van der Waals surface area contributed by atoms with E-state index in [1.165, 1.54) is 25.9 Å². The molecule has 0 N–H and O–H groups in total. The summed E-state index contributed by atoms with van der Waals surface area (Å²) in [5, 5.41) is 0. The summed E-state index contributed by atoms with van der Waals surface area (Å²) in [5.74, 6) is 0.422. The number of allylic oxidation sites excluding steroid dienone is 2. The molecule has 0 aromatic heterocycles. The smallest absolute Gasteiger partial charge is 0.314 e. The lowest BCUT2D eigenvalue weighted by Crippen LogP contribution is -2.30. The molecule has 136 valence electrons. The van der Waals surface area contributed by atoms with Crippen LogP contribution in [-0.2, 0) is 9.53 Å². The van der Waals surface area contributed by atoms with Gasteiger partial charge in [0.05, 0.1) is 12.5 Å². The summed E-state index contributed by atoms with van der Waals surface area (Å²) in [5.41, 5.74) is 1.08. The Morgan fingerprint density at radius 2 is 1.96 bits per heavy atom. The summed E-state index contributed by atoms with van der Waals surface area (Å²) in [4.78, 5) is 15.4. The third-order valence-electron chi connectivity index (χ3n) is 5.41. The average molecular weight is 341 g/mol. The Morgan fingerprint density at radius 1 is 1.20 bits per heavy atom. The molecule has 1 fully saturated rings. The molecule has 3 atom stereocenters. The van der Waals surface area contributed by atoms with E-state index in [0.29, 0.717) is 12.5 Å². The summed E-state index contributed by atoms with van der Waals surface area (Å²) in [6, 6.07) is 10.1. The van der Waals surface area contributed by atoms with Gasteiger partial charge < -0.3 is 9.64 Å². The molecule has 0 unspecified atom stereocenters. The fourth-order valence-corrected chi connectivity index (χ4v) is 4.11. The standard InChI is InChI=1S/C22H31NO2/c1-18(16-23-14-8-9-15-23)17-25-22(24)21(19-10-4-2-5-11-19)20-12-6-3-7-13-20/h2,4-6,10-12,18,20-21H,3,7-9,13-17H2,1H3/t18-,20+,21+/m1/s1. The fourth-order valence-electron chi connectivity index (χ4n) is 4.11. The van der Waals surface area contributed by atoms with Crippen LogP contribution in [0.4, 0.5) is 0 Å². The Bertz CT molecular complexity index is 563. The van der Waals surface area contributed by atoms with Gasteiger partial charge in [0.1, 0.15) is 0 Å². The number of carbonyl (C=O) groups excluding carboxylic acids is 1. The largest absolute Gasteiger partial charge is 0.465 e. The molecule has 3 nitrogen and oxygen atoms in total. The van der Waals surface area contributed by atoms with Crippen molar-refractivity contribution in [3.05, 3.63) is 48.0 Å². The Balaban J connectivity index is 1.60. The molecule has 1 aromatic rings. The van der Waals surface area contributed by atoms with E-state index in [-0.39, 0.29) is 17.8 Å². The molecule has 25 heavy (non-hydrogen) atoms. The van der Waals surface area contributed by atoms with Gasteiger partial charge in [0.15, 0.2) is 0 Å². The maximum atomic E-state index is 12.9. The minimum absolute atomic E-state index is 0.0592. The van der Waals surface area contributed by atoms with Crippen LogP contribution in [0.5, 0.6) is 0 Å². The second kappa shape index (κ2) is 9.19. The number of hydrogen-bond acceptors (Lipinski definition) is 3. The van der Waals surface area contributed by atoms with Crippen LogP contribution in [0.2, 0.25) is 0 Å². The number of ether oxygens (including phenoxy) is 1. The van der Waals surface area contributed by atoms with Crippen LogP contribution in [0.25, 0.3) is 0 Å². The Labute approximate surface area is 152 Å². The average Bonchev–Trinajstić information content (AvgIpc) is 3.15. The molecule has 0 spiro atoms. The highest BCUT2D eigenvalue weighted by Gasteiger charge is 2.30. The third kappa shape index (κ3) is 5.18. The van der Waals surface area contributed by atoms with Crippen molar-refractivity contribution in [1.29, 1.82) is 0 Å². The van der Waals surface area contributed by atoms with Gasteiger partial charge in [-0.3, -0.25) is 4.79 Å². The molecule has 1 aliphatic heterocycles. The van der Waals surface area contributed by atoms with Crippen LogP contribution >= 0.6 is 0 Å². The van der Waals surface area contributed by atoms with Gasteiger partial charge in [-0.25, -0.2) is 0 Å². The number of nitrogens with zero attached hydrogens (tertiary/aromatic N) is 1. The quantitative estimate of drug-likeness (QED) is 0.544. The predicted octanol–water partition coefficient (Wildman–Crippen LogP) is 4.40. The second-order valence-electron chi connectivity index (χ2n) is 7.65. The molecular formula is C22H31NO2. The van der Waals surface area contributed by atoms with Crippen LogP contribution in [0.1, 0.15) is 50.5 Å². The van der Waals surface area contributed by atoms with Gasteiger partial charge in [-0.2, -0.15) is 0 Å². The topological polar surface area (TPSA) is 29.5 Å². The monoisotopic (exact) mass is 341 g/mol. The number of benzene rings is 1. The van der Waals surface area contributed by atoms with E-state index in [2.05, 4.69) is 36.1 Å². The summed E-state index contributed by atoms with van der Waals surface area (Å²) >= 11 is 0. The van der Waals surface area contributed by atoms with E-state index >= 15 is 0 Å². The first-order valence-electron chi connectivity index (χ1n) is 9.84. The van der Waals surface area contributed by atoms with Crippen molar-refractivity contribution in [2.75, 3.05) is 26.2 Å². The highest BCUT2D eigenvalue weighted by Crippen LogP contribution is 2.33. The number of esters is 1. The molecule has 0 radical (unpaired) electrons. The lowest BCUT2D eigenvalue weighted by molar-refractivity contribution is -0.148. The van der Waals surface area contributed by atoms with Crippen LogP contribution in [-0.4, -0.2) is 37.1 Å². The molecule has 1 heterocycles. The van der Waals surface area contributed by atoms with Crippen molar-refractivity contribution in [3.8, 4) is 0 Å². The second-order valence-corrected chi connectivity index (χ2v) is 7.65. The normalized spacial score (nSPS) is 23.3. The van der Waals surface area contributed by atoms with E-state index in [9.17, 15) is 4.79 Å². The zero-order valence-corrected chi connectivity index (χ0v) is 15.4. The maximum Gasteiger partial charge on any atom is 0.314 e. The van der Waals surface area contributed by atoms with Gasteiger partial charge in [0.25, 0.3) is 0 Å². The molecule has 0 saturated carbocycles. The summed E-state index contributed by atoms with van der Waals surface area (Å²) in [6.45, 7) is 6.13. The SMILES string of the molecule is C[C@@H](COC(=O)[C@@H](c1ccccc1)[C@H]1C=CCCC1)CN1CCCC1. The Morgan fingerprint density at radius 3 is 2.64 bits per heavy atom. The molecular weight excluding hydrogens is 310 g/mol. The summed E-state index contributed by atoms with van der Waals surface area (Å²) < 4.78 is 5.78. The highest BCUT2D eigenvalue weighted by molar-refractivity contribution is 5.79. The minimum atomic E-state index is -0.170. The minimum Gasteiger partial charge on any atom is -0.465 e. The fraction of sp³-hybridized carbons (Fsp3) is 0.591. The van der Waals surface area contributed by atoms with Crippen molar-refractivity contribution < 1.29 is 9.53 Å². The van der Waals surface area contributed by atoms with Crippen LogP contribution in [0.15, 0.2) is 42.5 Å². The number of hydrogen-bond donors (Lipinski definition) is 0. The van der Waals surface area contributed by atoms with E-state index in [1.54, 1.807) is 0 Å². The van der Waals surface area contributed by atoms with Crippen molar-refractivity contribution in [3.63, 3.8) is 0 Å². The Kier molecular flexibility index (Phi) is 6.69. The van der Waals surface area contributed by atoms with E-state index in [4.69, 9.17) is 4.74 Å². The first-order chi connectivity index (χ1) is 12.2.